The Morgan fingerprint density at radius 2 is 1.78 bits per heavy atom. The molecular formula is C30H32N2O5. The Kier molecular flexibility index (Phi) is 6.15. The van der Waals surface area contributed by atoms with E-state index < -0.39 is 5.91 Å². The van der Waals surface area contributed by atoms with E-state index in [1.807, 2.05) is 50.2 Å². The Hall–Kier alpha value is -3.58. The molecule has 5 rings (SSSR count). The van der Waals surface area contributed by atoms with Gasteiger partial charge in [-0.2, -0.15) is 0 Å². The number of carbonyl (C=O) groups is 1. The number of nitroso groups, excluding NO2 is 1. The minimum Gasteiger partial charge on any atom is -0.493 e. The van der Waals surface area contributed by atoms with Crippen molar-refractivity contribution in [1.82, 2.24) is 4.98 Å². The molecule has 1 aliphatic heterocycles. The van der Waals surface area contributed by atoms with Crippen molar-refractivity contribution >= 4 is 27.8 Å². The third kappa shape index (κ3) is 4.76. The zero-order valence-electron chi connectivity index (χ0n) is 22.2. The zero-order chi connectivity index (χ0) is 26.5. The fourth-order valence-corrected chi connectivity index (χ4v) is 5.94. The molecule has 0 spiro atoms. The Morgan fingerprint density at radius 3 is 2.46 bits per heavy atom. The van der Waals surface area contributed by atoms with E-state index in [0.717, 1.165) is 34.9 Å². The molecule has 1 saturated heterocycles. The summed E-state index contributed by atoms with van der Waals surface area (Å²) in [6.45, 7) is 12.7. The van der Waals surface area contributed by atoms with E-state index in [-0.39, 0.29) is 22.7 Å². The van der Waals surface area contributed by atoms with Gasteiger partial charge in [0.15, 0.2) is 5.76 Å². The summed E-state index contributed by atoms with van der Waals surface area (Å²) in [7, 11) is 0. The second-order valence-corrected chi connectivity index (χ2v) is 11.3. The van der Waals surface area contributed by atoms with Crippen molar-refractivity contribution in [2.24, 2.45) is 11.1 Å². The molecule has 0 unspecified atom stereocenters. The number of aromatic nitrogens is 1. The molecule has 1 aliphatic rings. The highest BCUT2D eigenvalue weighted by Crippen LogP contribution is 2.40. The number of para-hydroxylation sites is 1. The van der Waals surface area contributed by atoms with E-state index in [0.29, 0.717) is 34.7 Å². The predicted octanol–water partition coefficient (Wildman–Crippen LogP) is 7.53. The van der Waals surface area contributed by atoms with Gasteiger partial charge in [-0.25, -0.2) is 4.98 Å². The number of hydrogen-bond donors (Lipinski definition) is 0. The van der Waals surface area contributed by atoms with Gasteiger partial charge in [-0.05, 0) is 84.1 Å². The van der Waals surface area contributed by atoms with E-state index >= 15 is 0 Å². The first kappa shape index (κ1) is 25.1. The summed E-state index contributed by atoms with van der Waals surface area (Å²) < 4.78 is 18.7. The third-order valence-electron chi connectivity index (χ3n) is 7.10. The molecule has 7 heteroatoms. The van der Waals surface area contributed by atoms with E-state index in [1.165, 1.54) is 0 Å². The maximum atomic E-state index is 12.8. The highest BCUT2D eigenvalue weighted by Gasteiger charge is 2.39. The van der Waals surface area contributed by atoms with Gasteiger partial charge in [0.2, 0.25) is 0 Å². The van der Waals surface area contributed by atoms with Crippen LogP contribution in [0, 0.1) is 24.7 Å². The van der Waals surface area contributed by atoms with Crippen molar-refractivity contribution in [3.8, 4) is 17.2 Å². The molecule has 1 fully saturated rings. The quantitative estimate of drug-likeness (QED) is 0.263. The number of nitrogens with zero attached hydrogens (tertiary/aromatic N) is 2. The molecule has 192 valence electrons. The van der Waals surface area contributed by atoms with Crippen LogP contribution in [0.5, 0.6) is 5.75 Å². The normalized spacial score (nSPS) is 17.2. The van der Waals surface area contributed by atoms with Crippen LogP contribution in [0.3, 0.4) is 0 Å². The molecule has 7 nitrogen and oxygen atoms in total. The number of fused-ring (bicyclic) bond motifs is 2. The number of pyridine rings is 1. The molecule has 1 amide bonds. The van der Waals surface area contributed by atoms with Crippen LogP contribution in [0.1, 0.15) is 62.0 Å². The maximum Gasteiger partial charge on any atom is 0.317 e. The number of carbonyl (C=O) groups excluding carboxylic acids is 1. The molecular weight excluding hydrogens is 468 g/mol. The van der Waals surface area contributed by atoms with E-state index in [9.17, 15) is 9.70 Å². The first-order valence-corrected chi connectivity index (χ1v) is 12.6. The summed E-state index contributed by atoms with van der Waals surface area (Å²) >= 11 is 0. The SMILES string of the molecule is Cc1c(-c2cc(C(=O)N=O)c3c(OCC4CC(C)(C)OC(C)(C)C4)ccc(C)c3n2)oc2ccccc12. The van der Waals surface area contributed by atoms with Crippen LogP contribution < -0.4 is 4.74 Å². The topological polar surface area (TPSA) is 91.0 Å². The number of rotatable bonds is 5. The smallest absolute Gasteiger partial charge is 0.317 e. The van der Waals surface area contributed by atoms with Crippen LogP contribution in [0.25, 0.3) is 33.3 Å². The number of benzene rings is 2. The van der Waals surface area contributed by atoms with Crippen LogP contribution >= 0.6 is 0 Å². The van der Waals surface area contributed by atoms with Gasteiger partial charge in [-0.15, -0.1) is 4.91 Å². The maximum absolute atomic E-state index is 12.8. The average molecular weight is 501 g/mol. The molecule has 0 atom stereocenters. The number of furan rings is 1. The van der Waals surface area contributed by atoms with Gasteiger partial charge in [0, 0.05) is 16.1 Å². The van der Waals surface area contributed by atoms with Crippen LogP contribution in [0.15, 0.2) is 52.1 Å². The predicted molar refractivity (Wildman–Crippen MR) is 144 cm³/mol. The molecule has 2 aromatic carbocycles. The van der Waals surface area contributed by atoms with Gasteiger partial charge in [-0.1, -0.05) is 24.3 Å². The first-order chi connectivity index (χ1) is 17.5. The lowest BCUT2D eigenvalue weighted by atomic mass is 9.81. The molecule has 0 aliphatic carbocycles. The molecule has 2 aromatic heterocycles. The summed E-state index contributed by atoms with van der Waals surface area (Å²) in [6.07, 6.45) is 1.71. The lowest BCUT2D eigenvalue weighted by Gasteiger charge is -2.45. The molecule has 4 aromatic rings. The second kappa shape index (κ2) is 9.06. The number of ether oxygens (including phenoxy) is 2. The van der Waals surface area contributed by atoms with Gasteiger partial charge < -0.3 is 13.9 Å². The standard InChI is InChI=1S/C30H32N2O5/c1-17-11-12-24(35-16-19-14-29(3,4)37-30(5,6)15-19)25-21(28(33)32-34)13-22(31-26(17)25)27-18(2)20-9-7-8-10-23(20)36-27/h7-13,19H,14-16H2,1-6H3. The average Bonchev–Trinajstić information content (AvgIpc) is 3.17. The van der Waals surface area contributed by atoms with Crippen molar-refractivity contribution in [2.45, 2.75) is 65.6 Å². The van der Waals surface area contributed by atoms with E-state index in [2.05, 4.69) is 32.9 Å². The highest BCUT2D eigenvalue weighted by atomic mass is 16.5. The number of aryl methyl sites for hydroxylation is 2. The lowest BCUT2D eigenvalue weighted by molar-refractivity contribution is -0.175. The van der Waals surface area contributed by atoms with Crippen LogP contribution in [-0.4, -0.2) is 28.7 Å². The van der Waals surface area contributed by atoms with Crippen LogP contribution in [0.2, 0.25) is 0 Å². The van der Waals surface area contributed by atoms with Crippen molar-refractivity contribution in [3.05, 3.63) is 64.1 Å². The van der Waals surface area contributed by atoms with Crippen molar-refractivity contribution in [2.75, 3.05) is 6.61 Å². The molecule has 0 saturated carbocycles. The Balaban J connectivity index is 1.60. The summed E-state index contributed by atoms with van der Waals surface area (Å²) in [6, 6.07) is 13.1. The van der Waals surface area contributed by atoms with Gasteiger partial charge in [0.1, 0.15) is 17.0 Å². The fourth-order valence-electron chi connectivity index (χ4n) is 5.94. The number of hydrogen-bond acceptors (Lipinski definition) is 6. The summed E-state index contributed by atoms with van der Waals surface area (Å²) in [4.78, 5) is 29.1. The molecule has 0 N–H and O–H groups in total. The fraction of sp³-hybridized carbons (Fsp3) is 0.400. The Labute approximate surface area is 216 Å². The van der Waals surface area contributed by atoms with Gasteiger partial charge >= 0.3 is 5.91 Å². The second-order valence-electron chi connectivity index (χ2n) is 11.3. The Bertz CT molecular complexity index is 1520. The first-order valence-electron chi connectivity index (χ1n) is 12.6. The molecule has 37 heavy (non-hydrogen) atoms. The highest BCUT2D eigenvalue weighted by molar-refractivity contribution is 6.10. The summed E-state index contributed by atoms with van der Waals surface area (Å²) in [5.41, 5.74) is 3.19. The van der Waals surface area contributed by atoms with Gasteiger partial charge in [0.05, 0.1) is 34.3 Å². The summed E-state index contributed by atoms with van der Waals surface area (Å²) in [5, 5.41) is 4.21. The minimum absolute atomic E-state index is 0.154. The lowest BCUT2D eigenvalue weighted by Crippen LogP contribution is -2.46. The van der Waals surface area contributed by atoms with Crippen molar-refractivity contribution in [3.63, 3.8) is 0 Å². The minimum atomic E-state index is -0.869. The third-order valence-corrected chi connectivity index (χ3v) is 7.10. The van der Waals surface area contributed by atoms with Crippen molar-refractivity contribution in [1.29, 1.82) is 0 Å². The van der Waals surface area contributed by atoms with E-state index in [4.69, 9.17) is 18.9 Å². The van der Waals surface area contributed by atoms with Crippen LogP contribution in [-0.2, 0) is 4.74 Å². The monoisotopic (exact) mass is 500 g/mol. The molecule has 0 bridgehead atoms. The van der Waals surface area contributed by atoms with Crippen molar-refractivity contribution < 1.29 is 18.7 Å². The van der Waals surface area contributed by atoms with Gasteiger partial charge in [-0.3, -0.25) is 4.79 Å². The molecule has 0 radical (unpaired) electrons. The number of amides is 1. The van der Waals surface area contributed by atoms with Crippen LogP contribution in [0.4, 0.5) is 0 Å². The van der Waals surface area contributed by atoms with E-state index in [1.54, 1.807) is 6.07 Å². The Morgan fingerprint density at radius 1 is 1.08 bits per heavy atom. The van der Waals surface area contributed by atoms with Gasteiger partial charge in [0.25, 0.3) is 0 Å². The summed E-state index contributed by atoms with van der Waals surface area (Å²) in [5.74, 6) is 0.464. The zero-order valence-corrected chi connectivity index (χ0v) is 22.2. The largest absolute Gasteiger partial charge is 0.493 e. The molecule has 3 heterocycles.